The Hall–Kier alpha value is 0.137. The van der Waals surface area contributed by atoms with Crippen molar-refractivity contribution in [3.8, 4) is 0 Å². The molecule has 0 bridgehead atoms. The molecule has 0 fully saturated rings. The third-order valence-electron chi connectivity index (χ3n) is 1.43. The van der Waals surface area contributed by atoms with Gasteiger partial charge >= 0.3 is 0 Å². The van der Waals surface area contributed by atoms with Crippen LogP contribution in [0.2, 0.25) is 12.1 Å². The molecule has 0 aliphatic heterocycles. The van der Waals surface area contributed by atoms with Crippen LogP contribution < -0.4 is 0 Å². The van der Waals surface area contributed by atoms with E-state index in [4.69, 9.17) is 9.16 Å². The summed E-state index contributed by atoms with van der Waals surface area (Å²) in [5, 5.41) is 0. The molecule has 2 nitrogen and oxygen atoms in total. The summed E-state index contributed by atoms with van der Waals surface area (Å²) in [5.41, 5.74) is 0. The summed E-state index contributed by atoms with van der Waals surface area (Å²) >= 11 is 0. The van der Waals surface area contributed by atoms with E-state index in [0.717, 1.165) is 12.7 Å². The van der Waals surface area contributed by atoms with E-state index in [1.807, 2.05) is 0 Å². The number of methoxy groups -OCH3 is 1. The molecule has 0 rings (SSSR count). The Kier molecular flexibility index (Phi) is 6.35. The molecule has 0 saturated carbocycles. The summed E-state index contributed by atoms with van der Waals surface area (Å²) in [4.78, 5) is 0. The molecular formula is C6H16O2Si. The largest absolute Gasteiger partial charge is 0.423 e. The molecular weight excluding hydrogens is 132 g/mol. The molecule has 0 heterocycles. The molecule has 0 amide bonds. The fourth-order valence-corrected chi connectivity index (χ4v) is 2.21. The number of hydrogen-bond acceptors (Lipinski definition) is 2. The van der Waals surface area contributed by atoms with Crippen molar-refractivity contribution < 1.29 is 9.16 Å². The van der Waals surface area contributed by atoms with Crippen molar-refractivity contribution in [2.24, 2.45) is 0 Å². The van der Waals surface area contributed by atoms with Gasteiger partial charge in [0.2, 0.25) is 0 Å². The fourth-order valence-electron chi connectivity index (χ4n) is 0.738. The Bertz CT molecular complexity index is 55.0. The molecule has 0 N–H and O–H groups in total. The van der Waals surface area contributed by atoms with Crippen LogP contribution in [-0.2, 0) is 9.16 Å². The van der Waals surface area contributed by atoms with Gasteiger partial charge in [-0.25, -0.2) is 0 Å². The highest BCUT2D eigenvalue weighted by Crippen LogP contribution is 1.98. The second kappa shape index (κ2) is 6.26. The maximum atomic E-state index is 5.26. The molecule has 3 heteroatoms. The SMILES string of the molecule is CC[SiH](CCOC)OC. The molecule has 9 heavy (non-hydrogen) atoms. The van der Waals surface area contributed by atoms with Crippen molar-refractivity contribution in [1.82, 2.24) is 0 Å². The van der Waals surface area contributed by atoms with Gasteiger partial charge in [0.15, 0.2) is 9.04 Å². The highest BCUT2D eigenvalue weighted by Gasteiger charge is 2.04. The second-order valence-corrected chi connectivity index (χ2v) is 5.16. The van der Waals surface area contributed by atoms with Gasteiger partial charge in [0.05, 0.1) is 0 Å². The summed E-state index contributed by atoms with van der Waals surface area (Å²) in [6.07, 6.45) is 0. The summed E-state index contributed by atoms with van der Waals surface area (Å²) in [6.45, 7) is 3.04. The van der Waals surface area contributed by atoms with Gasteiger partial charge < -0.3 is 9.16 Å². The minimum Gasteiger partial charge on any atom is -0.423 e. The first-order valence-corrected chi connectivity index (χ1v) is 5.47. The predicted molar refractivity (Wildman–Crippen MR) is 41.3 cm³/mol. The molecule has 0 aliphatic rings. The van der Waals surface area contributed by atoms with Gasteiger partial charge in [-0.2, -0.15) is 0 Å². The Morgan fingerprint density at radius 1 is 1.33 bits per heavy atom. The van der Waals surface area contributed by atoms with E-state index in [1.165, 1.54) is 6.04 Å². The Labute approximate surface area is 58.9 Å². The summed E-state index contributed by atoms with van der Waals surface area (Å²) in [5.74, 6) is 0. The van der Waals surface area contributed by atoms with Gasteiger partial charge in [0.1, 0.15) is 0 Å². The summed E-state index contributed by atoms with van der Waals surface area (Å²) < 4.78 is 10.2. The number of hydrogen-bond donors (Lipinski definition) is 0. The Morgan fingerprint density at radius 2 is 2.00 bits per heavy atom. The topological polar surface area (TPSA) is 18.5 Å². The zero-order valence-electron chi connectivity index (χ0n) is 6.52. The molecule has 1 unspecified atom stereocenters. The van der Waals surface area contributed by atoms with Crippen molar-refractivity contribution in [3.63, 3.8) is 0 Å². The first-order chi connectivity index (χ1) is 4.35. The molecule has 0 saturated heterocycles. The minimum absolute atomic E-state index is 0.835. The highest BCUT2D eigenvalue weighted by atomic mass is 28.3. The van der Waals surface area contributed by atoms with E-state index in [9.17, 15) is 0 Å². The van der Waals surface area contributed by atoms with Gasteiger partial charge in [0, 0.05) is 20.8 Å². The summed E-state index contributed by atoms with van der Waals surface area (Å²) in [7, 11) is 2.70. The molecule has 1 atom stereocenters. The van der Waals surface area contributed by atoms with E-state index in [0.29, 0.717) is 0 Å². The van der Waals surface area contributed by atoms with Gasteiger partial charge in [-0.05, 0) is 12.1 Å². The lowest BCUT2D eigenvalue weighted by molar-refractivity contribution is 0.211. The quantitative estimate of drug-likeness (QED) is 0.542. The van der Waals surface area contributed by atoms with Crippen LogP contribution in [0.1, 0.15) is 6.92 Å². The fraction of sp³-hybridized carbons (Fsp3) is 1.00. The predicted octanol–water partition coefficient (Wildman–Crippen LogP) is 1.02. The van der Waals surface area contributed by atoms with Gasteiger partial charge in [-0.3, -0.25) is 0 Å². The lowest BCUT2D eigenvalue weighted by atomic mass is 10.9. The van der Waals surface area contributed by atoms with E-state index in [-0.39, 0.29) is 0 Å². The van der Waals surface area contributed by atoms with Crippen LogP contribution in [0.25, 0.3) is 0 Å². The first-order valence-electron chi connectivity index (χ1n) is 3.36. The molecule has 0 aromatic carbocycles. The molecule has 56 valence electrons. The maximum Gasteiger partial charge on any atom is 0.178 e. The smallest absolute Gasteiger partial charge is 0.178 e. The first kappa shape index (κ1) is 9.14. The standard InChI is InChI=1S/C6H16O2Si/c1-4-9(8-3)6-5-7-2/h9H,4-6H2,1-3H3. The van der Waals surface area contributed by atoms with Crippen LogP contribution >= 0.6 is 0 Å². The van der Waals surface area contributed by atoms with Gasteiger partial charge in [-0.15, -0.1) is 0 Å². The molecule has 0 aromatic rings. The average molecular weight is 148 g/mol. The van der Waals surface area contributed by atoms with Crippen LogP contribution in [0.15, 0.2) is 0 Å². The number of rotatable bonds is 5. The van der Waals surface area contributed by atoms with Crippen molar-refractivity contribution in [3.05, 3.63) is 0 Å². The monoisotopic (exact) mass is 148 g/mol. The maximum absolute atomic E-state index is 5.26. The van der Waals surface area contributed by atoms with Gasteiger partial charge in [-0.1, -0.05) is 6.92 Å². The normalized spacial score (nSPS) is 13.7. The molecule has 0 spiro atoms. The Morgan fingerprint density at radius 3 is 2.33 bits per heavy atom. The van der Waals surface area contributed by atoms with Crippen molar-refractivity contribution in [2.45, 2.75) is 19.0 Å². The van der Waals surface area contributed by atoms with Crippen LogP contribution in [0.4, 0.5) is 0 Å². The second-order valence-electron chi connectivity index (χ2n) is 2.05. The van der Waals surface area contributed by atoms with E-state index >= 15 is 0 Å². The lowest BCUT2D eigenvalue weighted by Crippen LogP contribution is -2.15. The van der Waals surface area contributed by atoms with Crippen molar-refractivity contribution >= 4 is 9.04 Å². The van der Waals surface area contributed by atoms with Crippen LogP contribution in [0.5, 0.6) is 0 Å². The van der Waals surface area contributed by atoms with Crippen LogP contribution in [0, 0.1) is 0 Å². The van der Waals surface area contributed by atoms with Gasteiger partial charge in [0.25, 0.3) is 0 Å². The third kappa shape index (κ3) is 4.63. The van der Waals surface area contributed by atoms with E-state index < -0.39 is 9.04 Å². The summed E-state index contributed by atoms with van der Waals surface area (Å²) in [6, 6.07) is 2.35. The average Bonchev–Trinajstić information content (AvgIpc) is 1.91. The van der Waals surface area contributed by atoms with Crippen molar-refractivity contribution in [1.29, 1.82) is 0 Å². The molecule has 0 radical (unpaired) electrons. The van der Waals surface area contributed by atoms with E-state index in [2.05, 4.69) is 6.92 Å². The van der Waals surface area contributed by atoms with Crippen LogP contribution in [0.3, 0.4) is 0 Å². The zero-order valence-corrected chi connectivity index (χ0v) is 7.67. The highest BCUT2D eigenvalue weighted by molar-refractivity contribution is 6.51. The van der Waals surface area contributed by atoms with Crippen LogP contribution in [-0.4, -0.2) is 29.9 Å². The lowest BCUT2D eigenvalue weighted by Gasteiger charge is -2.08. The third-order valence-corrected chi connectivity index (χ3v) is 3.89. The number of ether oxygens (including phenoxy) is 1. The molecule has 0 aliphatic carbocycles. The molecule has 0 aromatic heterocycles. The van der Waals surface area contributed by atoms with Crippen molar-refractivity contribution in [2.75, 3.05) is 20.8 Å². The zero-order chi connectivity index (χ0) is 7.11. The minimum atomic E-state index is -0.835. The van der Waals surface area contributed by atoms with E-state index in [1.54, 1.807) is 14.2 Å². The Balaban J connectivity index is 3.09.